The maximum absolute atomic E-state index is 12.3. The second-order valence-electron chi connectivity index (χ2n) is 5.04. The van der Waals surface area contributed by atoms with Gasteiger partial charge in [-0.25, -0.2) is 4.79 Å². The van der Waals surface area contributed by atoms with Crippen molar-refractivity contribution in [2.75, 3.05) is 12.4 Å². The van der Waals surface area contributed by atoms with Gasteiger partial charge in [0.25, 0.3) is 5.91 Å². The van der Waals surface area contributed by atoms with E-state index in [-0.39, 0.29) is 17.9 Å². The first-order valence-electron chi connectivity index (χ1n) is 6.73. The number of amides is 2. The lowest BCUT2D eigenvalue weighted by atomic mass is 10.0. The van der Waals surface area contributed by atoms with Gasteiger partial charge in [0.2, 0.25) is 5.91 Å². The Morgan fingerprint density at radius 3 is 2.71 bits per heavy atom. The molecule has 1 unspecified atom stereocenters. The van der Waals surface area contributed by atoms with Crippen LogP contribution in [0.25, 0.3) is 0 Å². The molecular formula is C13H13N3O7S. The van der Waals surface area contributed by atoms with Crippen LogP contribution < -0.4 is 5.32 Å². The quantitative estimate of drug-likeness (QED) is 0.433. The molecule has 0 saturated carbocycles. The third-order valence-electron chi connectivity index (χ3n) is 3.41. The summed E-state index contributed by atoms with van der Waals surface area (Å²) in [5, 5.41) is 19.0. The molecule has 128 valence electrons. The summed E-state index contributed by atoms with van der Waals surface area (Å²) in [5.41, 5.74) is -0.334. The summed E-state index contributed by atoms with van der Waals surface area (Å²) in [5.74, 6) is -3.71. The first-order chi connectivity index (χ1) is 11.3. The van der Waals surface area contributed by atoms with E-state index >= 15 is 0 Å². The van der Waals surface area contributed by atoms with Crippen LogP contribution in [-0.4, -0.2) is 61.7 Å². The number of β-lactam (4-membered cyclic amide) rings is 1. The first kappa shape index (κ1) is 17.6. The van der Waals surface area contributed by atoms with Crippen LogP contribution in [0.1, 0.15) is 13.3 Å². The van der Waals surface area contributed by atoms with Crippen molar-refractivity contribution in [2.45, 2.75) is 24.8 Å². The average Bonchev–Trinajstić information content (AvgIpc) is 2.49. The van der Waals surface area contributed by atoms with E-state index in [4.69, 9.17) is 10.00 Å². The van der Waals surface area contributed by atoms with Crippen molar-refractivity contribution in [3.8, 4) is 6.07 Å². The number of aliphatic carboxylic acids is 1. The van der Waals surface area contributed by atoms with Crippen molar-refractivity contribution >= 4 is 34.6 Å². The van der Waals surface area contributed by atoms with Crippen molar-refractivity contribution in [1.29, 1.82) is 5.26 Å². The summed E-state index contributed by atoms with van der Waals surface area (Å²) < 4.78 is 17.0. The molecule has 2 aliphatic rings. The first-order valence-corrected chi connectivity index (χ1v) is 8.11. The monoisotopic (exact) mass is 355 g/mol. The molecule has 0 radical (unpaired) electrons. The zero-order chi connectivity index (χ0) is 18.0. The van der Waals surface area contributed by atoms with E-state index < -0.39 is 58.1 Å². The van der Waals surface area contributed by atoms with Gasteiger partial charge in [0.1, 0.15) is 30.1 Å². The van der Waals surface area contributed by atoms with E-state index in [9.17, 15) is 28.5 Å². The minimum absolute atomic E-state index is 0.0578. The van der Waals surface area contributed by atoms with Gasteiger partial charge in [-0.05, 0) is 0 Å². The fourth-order valence-electron chi connectivity index (χ4n) is 2.45. The van der Waals surface area contributed by atoms with Crippen LogP contribution in [0.2, 0.25) is 0 Å². The van der Waals surface area contributed by atoms with Gasteiger partial charge in [-0.3, -0.25) is 23.5 Å². The highest BCUT2D eigenvalue weighted by atomic mass is 32.2. The number of nitriles is 1. The van der Waals surface area contributed by atoms with Gasteiger partial charge >= 0.3 is 11.9 Å². The van der Waals surface area contributed by atoms with Crippen LogP contribution in [0.4, 0.5) is 0 Å². The molecule has 3 atom stereocenters. The second kappa shape index (κ2) is 6.79. The zero-order valence-electron chi connectivity index (χ0n) is 12.5. The molecule has 0 aromatic heterocycles. The topological polar surface area (TPSA) is 154 Å². The lowest BCUT2D eigenvalue weighted by Crippen LogP contribution is -2.73. The maximum Gasteiger partial charge on any atom is 0.352 e. The summed E-state index contributed by atoms with van der Waals surface area (Å²) in [6.07, 6.45) is -0.470. The molecule has 1 fully saturated rings. The van der Waals surface area contributed by atoms with Crippen LogP contribution >= 0.6 is 0 Å². The lowest BCUT2D eigenvalue weighted by Gasteiger charge is -2.48. The van der Waals surface area contributed by atoms with E-state index in [1.54, 1.807) is 6.07 Å². The SMILES string of the molecule is CC(=O)OCC1=C(C(=O)O)N2C(=O)[C@@H](NC(=O)CC#N)[C@H]2S(=O)C1. The molecule has 0 aromatic rings. The van der Waals surface area contributed by atoms with E-state index in [0.29, 0.717) is 0 Å². The number of fused-ring (bicyclic) bond motifs is 1. The molecular weight excluding hydrogens is 342 g/mol. The summed E-state index contributed by atoms with van der Waals surface area (Å²) in [7, 11) is -1.69. The molecule has 0 spiro atoms. The van der Waals surface area contributed by atoms with Crippen LogP contribution in [0.3, 0.4) is 0 Å². The van der Waals surface area contributed by atoms with Crippen LogP contribution in [0.15, 0.2) is 11.3 Å². The van der Waals surface area contributed by atoms with E-state index in [1.807, 2.05) is 0 Å². The Kier molecular flexibility index (Phi) is 4.99. The largest absolute Gasteiger partial charge is 0.477 e. The van der Waals surface area contributed by atoms with Crippen molar-refractivity contribution in [3.05, 3.63) is 11.3 Å². The number of nitrogens with zero attached hydrogens (tertiary/aromatic N) is 2. The Bertz CT molecular complexity index is 724. The van der Waals surface area contributed by atoms with E-state index in [0.717, 1.165) is 11.8 Å². The normalized spacial score (nSPS) is 25.2. The standard InChI is InChI=1S/C13H13N3O7S/c1-6(17)23-4-7-5-24(22)12-9(15-8(18)2-3-14)11(19)16(12)10(7)13(20)21/h9,12H,2,4-5H2,1H3,(H,15,18)(H,20,21)/t9-,12-,24?/m1/s1. The van der Waals surface area contributed by atoms with E-state index in [1.165, 1.54) is 0 Å². The van der Waals surface area contributed by atoms with Gasteiger partial charge in [-0.15, -0.1) is 0 Å². The zero-order valence-corrected chi connectivity index (χ0v) is 13.3. The van der Waals surface area contributed by atoms with Crippen LogP contribution in [-0.2, 0) is 34.7 Å². The number of ether oxygens (including phenoxy) is 1. The number of carbonyl (C=O) groups is 4. The predicted molar refractivity (Wildman–Crippen MR) is 77.1 cm³/mol. The van der Waals surface area contributed by atoms with E-state index in [2.05, 4.69) is 5.32 Å². The Morgan fingerprint density at radius 2 is 2.17 bits per heavy atom. The molecule has 2 aliphatic heterocycles. The van der Waals surface area contributed by atoms with Crippen molar-refractivity contribution in [2.24, 2.45) is 0 Å². The molecule has 0 aromatic carbocycles. The molecule has 2 amide bonds. The third-order valence-corrected chi connectivity index (χ3v) is 5.07. The Hall–Kier alpha value is -2.74. The van der Waals surface area contributed by atoms with Crippen LogP contribution in [0.5, 0.6) is 0 Å². The summed E-state index contributed by atoms with van der Waals surface area (Å²) in [4.78, 5) is 46.8. The highest BCUT2D eigenvalue weighted by Gasteiger charge is 2.57. The maximum atomic E-state index is 12.3. The van der Waals surface area contributed by atoms with Crippen LogP contribution in [0, 0.1) is 11.3 Å². The lowest BCUT2D eigenvalue weighted by molar-refractivity contribution is -0.151. The highest BCUT2D eigenvalue weighted by Crippen LogP contribution is 2.35. The van der Waals surface area contributed by atoms with Gasteiger partial charge in [0, 0.05) is 12.5 Å². The predicted octanol–water partition coefficient (Wildman–Crippen LogP) is -1.78. The number of carboxylic acids is 1. The van der Waals surface area contributed by atoms with Gasteiger partial charge < -0.3 is 15.2 Å². The number of hydrogen-bond acceptors (Lipinski definition) is 7. The van der Waals surface area contributed by atoms with Gasteiger partial charge in [0.05, 0.1) is 22.6 Å². The number of carbonyl (C=O) groups excluding carboxylic acids is 3. The Labute approximate surface area is 138 Å². The molecule has 2 N–H and O–H groups in total. The van der Waals surface area contributed by atoms with Gasteiger partial charge in [0.15, 0.2) is 0 Å². The number of esters is 1. The minimum Gasteiger partial charge on any atom is -0.477 e. The molecule has 24 heavy (non-hydrogen) atoms. The number of hydrogen-bond donors (Lipinski definition) is 2. The van der Waals surface area contributed by atoms with Crippen molar-refractivity contribution in [1.82, 2.24) is 10.2 Å². The number of rotatable bonds is 5. The van der Waals surface area contributed by atoms with Crippen molar-refractivity contribution < 1.29 is 33.2 Å². The summed E-state index contributed by atoms with van der Waals surface area (Å²) in [6.45, 7) is 0.754. The molecule has 10 nitrogen and oxygen atoms in total. The Morgan fingerprint density at radius 1 is 1.50 bits per heavy atom. The summed E-state index contributed by atoms with van der Waals surface area (Å²) in [6, 6.07) is 0.473. The number of carboxylic acid groups (broad SMARTS) is 1. The van der Waals surface area contributed by atoms with Gasteiger partial charge in [-0.1, -0.05) is 0 Å². The molecule has 2 rings (SSSR count). The molecule has 11 heteroatoms. The number of nitrogens with one attached hydrogen (secondary N) is 1. The second-order valence-corrected chi connectivity index (χ2v) is 6.57. The fraction of sp³-hybridized carbons (Fsp3) is 0.462. The molecule has 0 aliphatic carbocycles. The van der Waals surface area contributed by atoms with Gasteiger partial charge in [-0.2, -0.15) is 5.26 Å². The molecule has 2 heterocycles. The molecule has 0 bridgehead atoms. The minimum atomic E-state index is -1.69. The third kappa shape index (κ3) is 3.13. The summed E-state index contributed by atoms with van der Waals surface area (Å²) >= 11 is 0. The Balaban J connectivity index is 2.27. The fourth-order valence-corrected chi connectivity index (χ4v) is 4.12. The smallest absolute Gasteiger partial charge is 0.352 e. The highest BCUT2D eigenvalue weighted by molar-refractivity contribution is 7.86. The molecule has 1 saturated heterocycles. The average molecular weight is 355 g/mol. The van der Waals surface area contributed by atoms with Crippen molar-refractivity contribution in [3.63, 3.8) is 0 Å².